The topological polar surface area (TPSA) is 76.7 Å². The Labute approximate surface area is 185 Å². The predicted molar refractivity (Wildman–Crippen MR) is 113 cm³/mol. The summed E-state index contributed by atoms with van der Waals surface area (Å²) in [5, 5.41) is 5.80. The lowest BCUT2D eigenvalue weighted by Crippen LogP contribution is -2.34. The Kier molecular flexibility index (Phi) is 6.30. The van der Waals surface area contributed by atoms with Crippen molar-refractivity contribution in [1.29, 1.82) is 0 Å². The first-order chi connectivity index (χ1) is 15.3. The Hall–Kier alpha value is -3.16. The van der Waals surface area contributed by atoms with E-state index in [4.69, 9.17) is 9.47 Å². The Morgan fingerprint density at radius 1 is 0.781 bits per heavy atom. The second-order valence-electron chi connectivity index (χ2n) is 8.26. The molecule has 2 heterocycles. The molecule has 4 unspecified atom stereocenters. The Morgan fingerprint density at radius 3 is 1.59 bits per heavy atom. The van der Waals surface area contributed by atoms with E-state index in [9.17, 15) is 18.4 Å². The van der Waals surface area contributed by atoms with Gasteiger partial charge < -0.3 is 20.1 Å². The molecule has 2 N–H and O–H groups in total. The Morgan fingerprint density at radius 2 is 1.19 bits per heavy atom. The minimum atomic E-state index is -0.440. The van der Waals surface area contributed by atoms with Gasteiger partial charge in [0, 0.05) is 24.0 Å². The van der Waals surface area contributed by atoms with Crippen molar-refractivity contribution in [3.8, 4) is 11.5 Å². The van der Waals surface area contributed by atoms with Crippen molar-refractivity contribution in [3.05, 3.63) is 59.2 Å². The molecule has 0 bridgehead atoms. The third-order valence-electron chi connectivity index (χ3n) is 5.90. The van der Waals surface area contributed by atoms with E-state index in [1.165, 1.54) is 12.1 Å². The fourth-order valence-electron chi connectivity index (χ4n) is 4.26. The highest BCUT2D eigenvalue weighted by Crippen LogP contribution is 2.39. The van der Waals surface area contributed by atoms with Crippen LogP contribution >= 0.6 is 0 Å². The molecular weight excluding hydrogens is 418 g/mol. The molecule has 0 radical (unpaired) electrons. The normalized spacial score (nSPS) is 23.0. The van der Waals surface area contributed by atoms with Gasteiger partial charge in [0.2, 0.25) is 11.8 Å². The van der Waals surface area contributed by atoms with E-state index in [0.29, 0.717) is 24.0 Å². The molecule has 8 heteroatoms. The molecule has 2 amide bonds. The molecular formula is C24H26F2N2O4. The summed E-state index contributed by atoms with van der Waals surface area (Å²) < 4.78 is 38.8. The molecule has 32 heavy (non-hydrogen) atoms. The molecule has 0 saturated heterocycles. The Bertz CT molecular complexity index is 948. The number of amides is 2. The number of para-hydroxylation sites is 2. The number of hydrogen-bond donors (Lipinski definition) is 2. The second kappa shape index (κ2) is 9.14. The summed E-state index contributed by atoms with van der Waals surface area (Å²) in [6, 6.07) is 8.53. The number of rotatable bonds is 7. The molecule has 2 aliphatic heterocycles. The van der Waals surface area contributed by atoms with Crippen molar-refractivity contribution < 1.29 is 27.8 Å². The minimum absolute atomic E-state index is 0.176. The molecule has 4 atom stereocenters. The van der Waals surface area contributed by atoms with Crippen LogP contribution in [0.1, 0.15) is 62.7 Å². The van der Waals surface area contributed by atoms with E-state index in [0.717, 1.165) is 0 Å². The van der Waals surface area contributed by atoms with Crippen LogP contribution in [0.15, 0.2) is 36.4 Å². The van der Waals surface area contributed by atoms with Crippen molar-refractivity contribution in [3.63, 3.8) is 0 Å². The van der Waals surface area contributed by atoms with Crippen LogP contribution in [-0.2, 0) is 9.59 Å². The maximum absolute atomic E-state index is 13.9. The second-order valence-corrected chi connectivity index (χ2v) is 8.26. The Balaban J connectivity index is 1.22. The standard InChI is InChI=1S/C24H26F2N2O4/c1-13-21(15-7-5-9-17(25)23(15)31-13)27-19(29)11-3-4-12-20(30)28-22-14(2)32-24-16(22)8-6-10-18(24)26/h5-10,13-14,21-22H,3-4,11-12H2,1-2H3,(H,27,29)(H,28,30). The van der Waals surface area contributed by atoms with Gasteiger partial charge in [0.05, 0.1) is 12.1 Å². The van der Waals surface area contributed by atoms with Crippen LogP contribution < -0.4 is 20.1 Å². The summed E-state index contributed by atoms with van der Waals surface area (Å²) in [6.07, 6.45) is 0.828. The summed E-state index contributed by atoms with van der Waals surface area (Å²) in [5.74, 6) is -0.855. The van der Waals surface area contributed by atoms with E-state index >= 15 is 0 Å². The van der Waals surface area contributed by atoms with Gasteiger partial charge in [-0.25, -0.2) is 8.78 Å². The van der Waals surface area contributed by atoms with E-state index < -0.39 is 23.7 Å². The lowest BCUT2D eigenvalue weighted by molar-refractivity contribution is -0.124. The van der Waals surface area contributed by atoms with E-state index in [1.54, 1.807) is 38.1 Å². The number of hydrogen-bond acceptors (Lipinski definition) is 4. The van der Waals surface area contributed by atoms with Gasteiger partial charge in [-0.2, -0.15) is 0 Å². The summed E-state index contributed by atoms with van der Waals surface area (Å²) in [4.78, 5) is 24.7. The van der Waals surface area contributed by atoms with E-state index in [2.05, 4.69) is 10.6 Å². The maximum Gasteiger partial charge on any atom is 0.220 e. The summed E-state index contributed by atoms with van der Waals surface area (Å²) in [7, 11) is 0. The third kappa shape index (κ3) is 4.40. The fourth-order valence-corrected chi connectivity index (χ4v) is 4.26. The molecule has 2 aliphatic rings. The van der Waals surface area contributed by atoms with E-state index in [-0.39, 0.29) is 48.4 Å². The lowest BCUT2D eigenvalue weighted by Gasteiger charge is -2.17. The minimum Gasteiger partial charge on any atom is -0.485 e. The molecule has 2 aromatic rings. The zero-order chi connectivity index (χ0) is 22.8. The summed E-state index contributed by atoms with van der Waals surface area (Å²) >= 11 is 0. The van der Waals surface area contributed by atoms with Crippen LogP contribution in [0.25, 0.3) is 0 Å². The number of fused-ring (bicyclic) bond motifs is 2. The highest BCUT2D eigenvalue weighted by atomic mass is 19.1. The first-order valence-corrected chi connectivity index (χ1v) is 10.8. The molecule has 0 aromatic heterocycles. The number of unbranched alkanes of at least 4 members (excludes halogenated alkanes) is 1. The van der Waals surface area contributed by atoms with Gasteiger partial charge >= 0.3 is 0 Å². The summed E-state index contributed by atoms with van der Waals surface area (Å²) in [5.41, 5.74) is 1.27. The molecule has 6 nitrogen and oxygen atoms in total. The highest BCUT2D eigenvalue weighted by molar-refractivity contribution is 5.78. The SMILES string of the molecule is CC1Oc2c(F)cccc2C1NC(=O)CCCCC(=O)NC1c2cccc(F)c2OC1C. The molecule has 0 saturated carbocycles. The third-order valence-corrected chi connectivity index (χ3v) is 5.90. The zero-order valence-electron chi connectivity index (χ0n) is 18.0. The molecule has 2 aromatic carbocycles. The molecule has 0 fully saturated rings. The maximum atomic E-state index is 13.9. The average Bonchev–Trinajstić information content (AvgIpc) is 3.24. The quantitative estimate of drug-likeness (QED) is 0.631. The first kappa shape index (κ1) is 22.0. The lowest BCUT2D eigenvalue weighted by atomic mass is 10.0. The molecule has 0 aliphatic carbocycles. The number of benzene rings is 2. The van der Waals surface area contributed by atoms with Crippen molar-refractivity contribution in [2.75, 3.05) is 0 Å². The predicted octanol–water partition coefficient (Wildman–Crippen LogP) is 4.10. The smallest absolute Gasteiger partial charge is 0.220 e. The van der Waals surface area contributed by atoms with Crippen LogP contribution in [0.2, 0.25) is 0 Å². The van der Waals surface area contributed by atoms with Gasteiger partial charge in [-0.1, -0.05) is 24.3 Å². The molecule has 170 valence electrons. The number of carbonyl (C=O) groups is 2. The van der Waals surface area contributed by atoms with Crippen LogP contribution in [0.4, 0.5) is 8.78 Å². The van der Waals surface area contributed by atoms with Crippen LogP contribution in [0.5, 0.6) is 11.5 Å². The monoisotopic (exact) mass is 444 g/mol. The van der Waals surface area contributed by atoms with Crippen molar-refractivity contribution in [2.45, 2.75) is 63.8 Å². The van der Waals surface area contributed by atoms with Gasteiger partial charge in [0.15, 0.2) is 23.1 Å². The van der Waals surface area contributed by atoms with Gasteiger partial charge in [0.1, 0.15) is 12.2 Å². The fraction of sp³-hybridized carbons (Fsp3) is 0.417. The van der Waals surface area contributed by atoms with Crippen molar-refractivity contribution in [2.24, 2.45) is 0 Å². The number of nitrogens with one attached hydrogen (secondary N) is 2. The average molecular weight is 444 g/mol. The van der Waals surface area contributed by atoms with Gasteiger partial charge in [0.25, 0.3) is 0 Å². The van der Waals surface area contributed by atoms with Crippen LogP contribution in [0, 0.1) is 11.6 Å². The molecule has 4 rings (SSSR count). The van der Waals surface area contributed by atoms with Crippen molar-refractivity contribution >= 4 is 11.8 Å². The highest BCUT2D eigenvalue weighted by Gasteiger charge is 2.35. The van der Waals surface area contributed by atoms with Gasteiger partial charge in [-0.3, -0.25) is 9.59 Å². The number of carbonyl (C=O) groups excluding carboxylic acids is 2. The number of ether oxygens (including phenoxy) is 2. The number of halogens is 2. The van der Waals surface area contributed by atoms with Crippen molar-refractivity contribution in [1.82, 2.24) is 10.6 Å². The van der Waals surface area contributed by atoms with E-state index in [1.807, 2.05) is 0 Å². The van der Waals surface area contributed by atoms with Gasteiger partial charge in [-0.15, -0.1) is 0 Å². The largest absolute Gasteiger partial charge is 0.485 e. The molecule has 0 spiro atoms. The zero-order valence-corrected chi connectivity index (χ0v) is 18.0. The summed E-state index contributed by atoms with van der Waals surface area (Å²) in [6.45, 7) is 3.57. The van der Waals surface area contributed by atoms with Crippen LogP contribution in [0.3, 0.4) is 0 Å². The van der Waals surface area contributed by atoms with Gasteiger partial charge in [-0.05, 0) is 38.8 Å². The first-order valence-electron chi connectivity index (χ1n) is 10.8. The van der Waals surface area contributed by atoms with Crippen LogP contribution in [-0.4, -0.2) is 24.0 Å².